The first-order valence-electron chi connectivity index (χ1n) is 13.4. The Morgan fingerprint density at radius 1 is 0.950 bits per heavy atom. The van der Waals surface area contributed by atoms with Crippen molar-refractivity contribution in [3.8, 4) is 0 Å². The van der Waals surface area contributed by atoms with Gasteiger partial charge in [-0.25, -0.2) is 8.42 Å². The summed E-state index contributed by atoms with van der Waals surface area (Å²) in [6.45, 7) is 5.87. The lowest BCUT2D eigenvalue weighted by Gasteiger charge is -2.34. The molecule has 0 fully saturated rings. The molecule has 0 saturated heterocycles. The first-order valence-corrected chi connectivity index (χ1v) is 15.6. The van der Waals surface area contributed by atoms with Gasteiger partial charge in [-0.2, -0.15) is 0 Å². The van der Waals surface area contributed by atoms with Gasteiger partial charge in [-0.1, -0.05) is 79.5 Å². The molecule has 0 unspecified atom stereocenters. The second-order valence-electron chi connectivity index (χ2n) is 10.1. The molecular formula is C31H38ClN3O4S. The van der Waals surface area contributed by atoms with E-state index in [2.05, 4.69) is 5.32 Å². The average molecular weight is 584 g/mol. The molecule has 0 aromatic heterocycles. The summed E-state index contributed by atoms with van der Waals surface area (Å²) in [6.07, 6.45) is 3.09. The Balaban J connectivity index is 2.05. The largest absolute Gasteiger partial charge is 0.354 e. The van der Waals surface area contributed by atoms with E-state index < -0.39 is 28.5 Å². The molecule has 0 aliphatic carbocycles. The quantitative estimate of drug-likeness (QED) is 0.277. The van der Waals surface area contributed by atoms with E-state index in [1.165, 1.54) is 4.90 Å². The van der Waals surface area contributed by atoms with Crippen LogP contribution in [0.3, 0.4) is 0 Å². The Hall–Kier alpha value is -3.36. The van der Waals surface area contributed by atoms with Crippen molar-refractivity contribution < 1.29 is 18.0 Å². The van der Waals surface area contributed by atoms with Gasteiger partial charge in [-0.3, -0.25) is 13.9 Å². The molecule has 3 aromatic carbocycles. The summed E-state index contributed by atoms with van der Waals surface area (Å²) >= 11 is 6.10. The molecule has 0 bridgehead atoms. The van der Waals surface area contributed by atoms with Crippen LogP contribution in [0.5, 0.6) is 0 Å². The molecule has 1 atom stereocenters. The van der Waals surface area contributed by atoms with Gasteiger partial charge in [0.05, 0.1) is 11.9 Å². The lowest BCUT2D eigenvalue weighted by Crippen LogP contribution is -2.53. The van der Waals surface area contributed by atoms with E-state index in [0.29, 0.717) is 17.3 Å². The zero-order valence-electron chi connectivity index (χ0n) is 23.6. The van der Waals surface area contributed by atoms with E-state index in [1.54, 1.807) is 30.3 Å². The number of hydrogen-bond acceptors (Lipinski definition) is 4. The van der Waals surface area contributed by atoms with Crippen LogP contribution >= 0.6 is 11.6 Å². The lowest BCUT2D eigenvalue weighted by atomic mass is 10.0. The molecule has 214 valence electrons. The summed E-state index contributed by atoms with van der Waals surface area (Å²) in [5, 5.41) is 3.53. The summed E-state index contributed by atoms with van der Waals surface area (Å²) < 4.78 is 27.1. The number of amides is 2. The number of nitrogens with one attached hydrogen (secondary N) is 1. The highest BCUT2D eigenvalue weighted by molar-refractivity contribution is 7.92. The summed E-state index contributed by atoms with van der Waals surface area (Å²) in [5.41, 5.74) is 3.70. The number of benzene rings is 3. The molecule has 0 radical (unpaired) electrons. The molecule has 3 rings (SSSR count). The topological polar surface area (TPSA) is 86.8 Å². The van der Waals surface area contributed by atoms with Crippen LogP contribution in [-0.4, -0.2) is 50.5 Å². The van der Waals surface area contributed by atoms with E-state index in [1.807, 2.05) is 63.2 Å². The minimum atomic E-state index is -3.82. The second-order valence-corrected chi connectivity index (χ2v) is 12.4. The first kappa shape index (κ1) is 31.2. The third kappa shape index (κ3) is 8.83. The van der Waals surface area contributed by atoms with Crippen molar-refractivity contribution in [2.75, 3.05) is 23.7 Å². The van der Waals surface area contributed by atoms with Gasteiger partial charge < -0.3 is 10.2 Å². The van der Waals surface area contributed by atoms with E-state index >= 15 is 0 Å². The van der Waals surface area contributed by atoms with Crippen LogP contribution in [0.15, 0.2) is 72.8 Å². The van der Waals surface area contributed by atoms with Crippen LogP contribution in [-0.2, 0) is 32.6 Å². The van der Waals surface area contributed by atoms with Gasteiger partial charge >= 0.3 is 0 Å². The number of halogens is 1. The van der Waals surface area contributed by atoms with E-state index in [4.69, 9.17) is 11.6 Å². The summed E-state index contributed by atoms with van der Waals surface area (Å²) in [4.78, 5) is 29.2. The highest BCUT2D eigenvalue weighted by Gasteiger charge is 2.33. The third-order valence-corrected chi connectivity index (χ3v) is 8.06. The fourth-order valence-electron chi connectivity index (χ4n) is 4.43. The van der Waals surface area contributed by atoms with Crippen molar-refractivity contribution in [1.82, 2.24) is 10.2 Å². The van der Waals surface area contributed by atoms with E-state index in [0.717, 1.165) is 45.7 Å². The number of carbonyl (C=O) groups is 2. The second kappa shape index (κ2) is 14.3. The highest BCUT2D eigenvalue weighted by Crippen LogP contribution is 2.25. The number of nitrogens with zero attached hydrogens (tertiary/aromatic N) is 2. The maximum absolute atomic E-state index is 14.1. The van der Waals surface area contributed by atoms with Gasteiger partial charge in [0, 0.05) is 24.5 Å². The average Bonchev–Trinajstić information content (AvgIpc) is 2.91. The van der Waals surface area contributed by atoms with Gasteiger partial charge in [-0.05, 0) is 60.7 Å². The molecule has 0 aliphatic heterocycles. The number of carbonyl (C=O) groups excluding carboxylic acids is 2. The van der Waals surface area contributed by atoms with Crippen LogP contribution in [0.25, 0.3) is 0 Å². The van der Waals surface area contributed by atoms with Crippen molar-refractivity contribution >= 4 is 39.1 Å². The summed E-state index contributed by atoms with van der Waals surface area (Å²) in [7, 11) is -3.82. The molecule has 3 aromatic rings. The fraction of sp³-hybridized carbons (Fsp3) is 0.355. The van der Waals surface area contributed by atoms with Crippen molar-refractivity contribution in [2.45, 2.75) is 52.6 Å². The monoisotopic (exact) mass is 583 g/mol. The smallest absolute Gasteiger partial charge is 0.244 e. The van der Waals surface area contributed by atoms with Crippen LogP contribution in [0.4, 0.5) is 5.69 Å². The van der Waals surface area contributed by atoms with E-state index in [-0.39, 0.29) is 18.9 Å². The minimum absolute atomic E-state index is 0.110. The predicted octanol–water partition coefficient (Wildman–Crippen LogP) is 5.28. The zero-order chi connectivity index (χ0) is 29.3. The number of unbranched alkanes of at least 4 members (excludes halogenated alkanes) is 1. The molecular weight excluding hydrogens is 546 g/mol. The molecule has 2 amide bonds. The lowest BCUT2D eigenvalue weighted by molar-refractivity contribution is -0.140. The SMILES string of the molecule is CCCCNC(=O)[C@@H](Cc1ccccc1)N(Cc1ccc(Cl)cc1)C(=O)CN(c1cc(C)ccc1C)S(C)(=O)=O. The van der Waals surface area contributed by atoms with Gasteiger partial charge in [0.1, 0.15) is 12.6 Å². The molecule has 7 nitrogen and oxygen atoms in total. The Labute approximate surface area is 243 Å². The molecule has 0 aliphatic rings. The molecule has 0 spiro atoms. The van der Waals surface area contributed by atoms with E-state index in [9.17, 15) is 18.0 Å². The molecule has 0 saturated carbocycles. The molecule has 0 heterocycles. The van der Waals surface area contributed by atoms with Crippen molar-refractivity contribution in [1.29, 1.82) is 0 Å². The van der Waals surface area contributed by atoms with Crippen LogP contribution in [0, 0.1) is 13.8 Å². The standard InChI is InChI=1S/C31H38ClN3O4S/c1-5-6-18-33-31(37)29(20-25-10-8-7-9-11-25)34(21-26-14-16-27(32)17-15-26)30(36)22-35(40(4,38)39)28-19-23(2)12-13-24(28)3/h7-17,19,29H,5-6,18,20-22H2,1-4H3,(H,33,37)/t29-/m1/s1. The summed E-state index contributed by atoms with van der Waals surface area (Å²) in [5.74, 6) is -0.759. The summed E-state index contributed by atoms with van der Waals surface area (Å²) in [6, 6.07) is 21.2. The zero-order valence-corrected chi connectivity index (χ0v) is 25.1. The Bertz CT molecular complexity index is 1400. The highest BCUT2D eigenvalue weighted by atomic mass is 35.5. The minimum Gasteiger partial charge on any atom is -0.354 e. The Morgan fingerprint density at radius 2 is 1.62 bits per heavy atom. The van der Waals surface area contributed by atoms with Crippen LogP contribution < -0.4 is 9.62 Å². The van der Waals surface area contributed by atoms with Gasteiger partial charge in [0.25, 0.3) is 0 Å². The van der Waals surface area contributed by atoms with Crippen LogP contribution in [0.2, 0.25) is 5.02 Å². The number of hydrogen-bond donors (Lipinski definition) is 1. The number of anilines is 1. The molecule has 40 heavy (non-hydrogen) atoms. The number of sulfonamides is 1. The Morgan fingerprint density at radius 3 is 2.25 bits per heavy atom. The third-order valence-electron chi connectivity index (χ3n) is 6.68. The predicted molar refractivity (Wildman–Crippen MR) is 162 cm³/mol. The van der Waals surface area contributed by atoms with Gasteiger partial charge in [0.15, 0.2) is 0 Å². The fourth-order valence-corrected chi connectivity index (χ4v) is 5.45. The maximum Gasteiger partial charge on any atom is 0.244 e. The number of rotatable bonds is 13. The maximum atomic E-state index is 14.1. The van der Waals surface area contributed by atoms with Gasteiger partial charge in [-0.15, -0.1) is 0 Å². The van der Waals surface area contributed by atoms with Crippen molar-refractivity contribution in [3.05, 3.63) is 100 Å². The number of aryl methyl sites for hydroxylation is 2. The van der Waals surface area contributed by atoms with Crippen molar-refractivity contribution in [3.63, 3.8) is 0 Å². The Kier molecular flexibility index (Phi) is 11.2. The van der Waals surface area contributed by atoms with Crippen LogP contribution in [0.1, 0.15) is 42.0 Å². The normalized spacial score (nSPS) is 12.0. The molecule has 9 heteroatoms. The van der Waals surface area contributed by atoms with Gasteiger partial charge in [0.2, 0.25) is 21.8 Å². The first-order chi connectivity index (χ1) is 19.0. The van der Waals surface area contributed by atoms with Crippen molar-refractivity contribution in [2.24, 2.45) is 0 Å². The molecule has 1 N–H and O–H groups in total.